The molecule has 0 unspecified atom stereocenters. The molecule has 27 heavy (non-hydrogen) atoms. The lowest BCUT2D eigenvalue weighted by molar-refractivity contribution is -0.267. The van der Waals surface area contributed by atoms with Crippen LogP contribution in [-0.4, -0.2) is 24.5 Å². The van der Waals surface area contributed by atoms with Gasteiger partial charge in [-0.1, -0.05) is 50.5 Å². The van der Waals surface area contributed by atoms with Crippen molar-refractivity contribution in [2.45, 2.75) is 95.8 Å². The third-order valence-electron chi connectivity index (χ3n) is 6.59. The van der Waals surface area contributed by atoms with Gasteiger partial charge in [-0.25, -0.2) is 0 Å². The largest absolute Gasteiger partial charge is 0.349 e. The molecular formula is C24H39NO2. The Balaban J connectivity index is 1.45. The van der Waals surface area contributed by atoms with Gasteiger partial charge in [-0.15, -0.1) is 0 Å². The number of ether oxygens (including phenoxy) is 2. The zero-order valence-electron chi connectivity index (χ0n) is 17.6. The highest BCUT2D eigenvalue weighted by atomic mass is 16.7. The molecular weight excluding hydrogens is 334 g/mol. The fraction of sp³-hybridized carbons (Fsp3) is 0.750. The molecule has 0 aromatic heterocycles. The number of benzene rings is 1. The molecule has 1 aliphatic carbocycles. The van der Waals surface area contributed by atoms with Crippen molar-refractivity contribution in [2.75, 3.05) is 13.2 Å². The van der Waals surface area contributed by atoms with E-state index in [0.717, 1.165) is 24.7 Å². The standard InChI is InChI=1S/C24H39NO2/c1-4-5-6-19-7-11-21(12-8-19)22-13-9-20(10-14-22)15-16-24(25)17-26-23(2,3)27-18-24/h9-10,13-14,19,21H,4-8,11-12,15-18,25H2,1-3H3. The number of hydrogen-bond donors (Lipinski definition) is 1. The van der Waals surface area contributed by atoms with Gasteiger partial charge in [0.05, 0.1) is 18.8 Å². The minimum absolute atomic E-state index is 0.370. The molecule has 2 aliphatic rings. The van der Waals surface area contributed by atoms with Crippen molar-refractivity contribution in [3.05, 3.63) is 35.4 Å². The Morgan fingerprint density at radius 2 is 1.63 bits per heavy atom. The summed E-state index contributed by atoms with van der Waals surface area (Å²) in [6, 6.07) is 9.31. The van der Waals surface area contributed by atoms with Gasteiger partial charge in [0.25, 0.3) is 0 Å². The highest BCUT2D eigenvalue weighted by Gasteiger charge is 2.36. The summed E-state index contributed by atoms with van der Waals surface area (Å²) >= 11 is 0. The number of rotatable bonds is 7. The Kier molecular flexibility index (Phi) is 6.99. The molecule has 1 aromatic rings. The van der Waals surface area contributed by atoms with Crippen LogP contribution in [0.15, 0.2) is 24.3 Å². The van der Waals surface area contributed by atoms with Crippen LogP contribution in [0.2, 0.25) is 0 Å². The van der Waals surface area contributed by atoms with E-state index in [0.29, 0.717) is 13.2 Å². The molecule has 3 nitrogen and oxygen atoms in total. The van der Waals surface area contributed by atoms with Gasteiger partial charge in [-0.05, 0) is 75.3 Å². The topological polar surface area (TPSA) is 44.5 Å². The Morgan fingerprint density at radius 1 is 1.00 bits per heavy atom. The van der Waals surface area contributed by atoms with Crippen LogP contribution in [0.25, 0.3) is 0 Å². The molecule has 0 amide bonds. The molecule has 2 N–H and O–H groups in total. The van der Waals surface area contributed by atoms with Gasteiger partial charge in [0.15, 0.2) is 5.79 Å². The Labute approximate surface area is 166 Å². The third kappa shape index (κ3) is 6.04. The molecule has 0 radical (unpaired) electrons. The van der Waals surface area contributed by atoms with Gasteiger partial charge in [0.2, 0.25) is 0 Å². The smallest absolute Gasteiger partial charge is 0.162 e. The summed E-state index contributed by atoms with van der Waals surface area (Å²) in [5, 5.41) is 0. The number of hydrogen-bond acceptors (Lipinski definition) is 3. The Morgan fingerprint density at radius 3 is 2.22 bits per heavy atom. The summed E-state index contributed by atoms with van der Waals surface area (Å²) in [6.45, 7) is 7.33. The first-order chi connectivity index (χ1) is 12.9. The van der Waals surface area contributed by atoms with E-state index in [1.165, 1.54) is 56.1 Å². The summed E-state index contributed by atoms with van der Waals surface area (Å²) in [5.74, 6) is 1.24. The molecule has 1 saturated carbocycles. The predicted molar refractivity (Wildman–Crippen MR) is 112 cm³/mol. The van der Waals surface area contributed by atoms with Crippen LogP contribution in [0.1, 0.15) is 89.2 Å². The van der Waals surface area contributed by atoms with Gasteiger partial charge >= 0.3 is 0 Å². The van der Waals surface area contributed by atoms with Crippen molar-refractivity contribution in [3.8, 4) is 0 Å². The Hall–Kier alpha value is -0.900. The van der Waals surface area contributed by atoms with Crippen molar-refractivity contribution >= 4 is 0 Å². The maximum atomic E-state index is 6.47. The minimum atomic E-state index is -0.500. The molecule has 2 fully saturated rings. The monoisotopic (exact) mass is 373 g/mol. The third-order valence-corrected chi connectivity index (χ3v) is 6.59. The maximum absolute atomic E-state index is 6.47. The second-order valence-electron chi connectivity index (χ2n) is 9.44. The first kappa shape index (κ1) is 20.8. The fourth-order valence-electron chi connectivity index (χ4n) is 4.49. The van der Waals surface area contributed by atoms with E-state index < -0.39 is 5.79 Å². The lowest BCUT2D eigenvalue weighted by Crippen LogP contribution is -2.57. The Bertz CT molecular complexity index is 563. The summed E-state index contributed by atoms with van der Waals surface area (Å²) in [5.41, 5.74) is 9.00. The molecule has 3 heteroatoms. The fourth-order valence-corrected chi connectivity index (χ4v) is 4.49. The molecule has 0 spiro atoms. The second kappa shape index (κ2) is 9.07. The van der Waals surface area contributed by atoms with Gasteiger partial charge in [0, 0.05) is 0 Å². The van der Waals surface area contributed by atoms with Gasteiger partial charge < -0.3 is 15.2 Å². The van der Waals surface area contributed by atoms with Crippen molar-refractivity contribution in [1.29, 1.82) is 0 Å². The van der Waals surface area contributed by atoms with E-state index in [-0.39, 0.29) is 5.54 Å². The molecule has 0 bridgehead atoms. The van der Waals surface area contributed by atoms with Crippen LogP contribution in [0, 0.1) is 5.92 Å². The zero-order chi connectivity index (χ0) is 19.3. The van der Waals surface area contributed by atoms with Crippen LogP contribution >= 0.6 is 0 Å². The highest BCUT2D eigenvalue weighted by molar-refractivity contribution is 5.26. The van der Waals surface area contributed by atoms with Gasteiger partial charge in [-0.3, -0.25) is 0 Å². The SMILES string of the molecule is CCCCC1CCC(c2ccc(CCC3(N)COC(C)(C)OC3)cc2)CC1. The first-order valence-electron chi connectivity index (χ1n) is 11.0. The van der Waals surface area contributed by atoms with E-state index in [4.69, 9.17) is 15.2 Å². The van der Waals surface area contributed by atoms with E-state index in [1.807, 2.05) is 13.8 Å². The van der Waals surface area contributed by atoms with E-state index >= 15 is 0 Å². The van der Waals surface area contributed by atoms with Crippen LogP contribution < -0.4 is 5.73 Å². The van der Waals surface area contributed by atoms with Crippen LogP contribution in [-0.2, 0) is 15.9 Å². The number of aryl methyl sites for hydroxylation is 1. The maximum Gasteiger partial charge on any atom is 0.162 e. The summed E-state index contributed by atoms with van der Waals surface area (Å²) in [6.07, 6.45) is 11.6. The molecule has 0 atom stereocenters. The first-order valence-corrected chi connectivity index (χ1v) is 11.0. The summed E-state index contributed by atoms with van der Waals surface area (Å²) in [7, 11) is 0. The molecule has 1 saturated heterocycles. The van der Waals surface area contributed by atoms with Gasteiger partial charge in [0.1, 0.15) is 0 Å². The normalized spacial score (nSPS) is 27.4. The molecule has 152 valence electrons. The minimum Gasteiger partial charge on any atom is -0.349 e. The van der Waals surface area contributed by atoms with Crippen molar-refractivity contribution in [1.82, 2.24) is 0 Å². The van der Waals surface area contributed by atoms with E-state index in [2.05, 4.69) is 31.2 Å². The second-order valence-corrected chi connectivity index (χ2v) is 9.44. The van der Waals surface area contributed by atoms with Gasteiger partial charge in [-0.2, -0.15) is 0 Å². The molecule has 3 rings (SSSR count). The lowest BCUT2D eigenvalue weighted by Gasteiger charge is -2.41. The lowest BCUT2D eigenvalue weighted by atomic mass is 9.77. The summed E-state index contributed by atoms with van der Waals surface area (Å²) < 4.78 is 11.5. The van der Waals surface area contributed by atoms with Crippen LogP contribution in [0.3, 0.4) is 0 Å². The van der Waals surface area contributed by atoms with E-state index in [9.17, 15) is 0 Å². The van der Waals surface area contributed by atoms with Crippen molar-refractivity contribution < 1.29 is 9.47 Å². The number of nitrogens with two attached hydrogens (primary N) is 1. The average Bonchev–Trinajstić information content (AvgIpc) is 2.68. The number of unbranched alkanes of at least 4 members (excludes halogenated alkanes) is 1. The molecule has 1 aromatic carbocycles. The van der Waals surface area contributed by atoms with Crippen molar-refractivity contribution in [3.63, 3.8) is 0 Å². The van der Waals surface area contributed by atoms with Crippen LogP contribution in [0.4, 0.5) is 0 Å². The predicted octanol–water partition coefficient (Wildman–Crippen LogP) is 5.56. The zero-order valence-corrected chi connectivity index (χ0v) is 17.6. The van der Waals surface area contributed by atoms with Crippen LogP contribution in [0.5, 0.6) is 0 Å². The van der Waals surface area contributed by atoms with E-state index in [1.54, 1.807) is 0 Å². The summed E-state index contributed by atoms with van der Waals surface area (Å²) in [4.78, 5) is 0. The molecule has 1 aliphatic heterocycles. The molecule has 1 heterocycles. The average molecular weight is 374 g/mol. The van der Waals surface area contributed by atoms with Crippen molar-refractivity contribution in [2.24, 2.45) is 11.7 Å². The highest BCUT2D eigenvalue weighted by Crippen LogP contribution is 2.37. The quantitative estimate of drug-likeness (QED) is 0.680.